The molecule has 8 saturated carbocycles. The molecular formula is C82H77Cl2SiZr. The standard InChI is InChI=1S/2C40H35.C2H7Si.2ClH.Zr/c2*1-3-11-32-30(7-1)9-5-13-34(32)36-15-16-37(35-14-6-10-31-8-2-4-12-33(31)35)39-21-29(20-38(36)39)25-40-22-26-17-27(23-40)19-28(18-26)24-40;1-3-2;;;/h2*1-16,20-21,26-28H,17-19,22-25H2;3H,1-2H3;2*1H;/q;;;;;+2/p-2. The summed E-state index contributed by atoms with van der Waals surface area (Å²) in [4.78, 5) is 0. The first kappa shape index (κ1) is 53.4. The SMILES string of the molecule is C[SiH](C)[Zr]([Cl])([Cl])([CH]1C(CC23CC4CC(CC(C4)C2)C3)=Cc2c(-c3cccc4ccccc34)ccc(-c3cccc4ccccc34)c21)[CH]1C(CC23CC4CC(CC(C4)C2)C3)=Cc2c(-c3cccc4ccccc34)ccc(-c3cccc4ccccc34)c21. The van der Waals surface area contributed by atoms with Crippen molar-refractivity contribution in [3.8, 4) is 44.5 Å². The maximum atomic E-state index is 10.3. The van der Waals surface area contributed by atoms with E-state index in [2.05, 4.69) is 219 Å². The first-order valence-corrected chi connectivity index (χ1v) is 49.5. The van der Waals surface area contributed by atoms with Gasteiger partial charge in [0.25, 0.3) is 0 Å². The van der Waals surface area contributed by atoms with E-state index in [4.69, 9.17) is 0 Å². The predicted octanol–water partition coefficient (Wildman–Crippen LogP) is 23.7. The van der Waals surface area contributed by atoms with E-state index in [0.717, 1.165) is 48.3 Å². The molecule has 2 unspecified atom stereocenters. The van der Waals surface area contributed by atoms with Crippen LogP contribution in [0.3, 0.4) is 0 Å². The molecular weight excluding hydrogens is 1180 g/mol. The molecule has 0 aromatic heterocycles. The van der Waals surface area contributed by atoms with E-state index < -0.39 is 21.5 Å². The summed E-state index contributed by atoms with van der Waals surface area (Å²) in [6.45, 7) is 5.31. The zero-order chi connectivity index (χ0) is 57.3. The van der Waals surface area contributed by atoms with Gasteiger partial charge in [0.1, 0.15) is 0 Å². The van der Waals surface area contributed by atoms with Gasteiger partial charge in [0.05, 0.1) is 0 Å². The number of fused-ring (bicyclic) bond motifs is 6. The van der Waals surface area contributed by atoms with Crippen molar-refractivity contribution in [3.05, 3.63) is 228 Å². The zero-order valence-electron chi connectivity index (χ0n) is 50.0. The normalized spacial score (nSPS) is 28.1. The van der Waals surface area contributed by atoms with Crippen molar-refractivity contribution in [2.24, 2.45) is 46.3 Å². The Morgan fingerprint density at radius 1 is 0.337 bits per heavy atom. The van der Waals surface area contributed by atoms with Crippen molar-refractivity contribution >= 4 is 78.2 Å². The van der Waals surface area contributed by atoms with Crippen LogP contribution in [0, 0.1) is 46.3 Å². The van der Waals surface area contributed by atoms with Crippen LogP contribution in [-0.4, -0.2) is 5.92 Å². The Balaban J connectivity index is 0.960. The number of allylic oxidation sites excluding steroid dienone is 2. The van der Waals surface area contributed by atoms with Crippen LogP contribution in [0.2, 0.25) is 13.1 Å². The molecule has 0 radical (unpaired) electrons. The Bertz CT molecular complexity index is 4180. The van der Waals surface area contributed by atoms with Crippen LogP contribution in [0.4, 0.5) is 0 Å². The van der Waals surface area contributed by atoms with Crippen LogP contribution in [0.25, 0.3) is 99.7 Å². The van der Waals surface area contributed by atoms with Gasteiger partial charge >= 0.3 is 522 Å². The first-order valence-electron chi connectivity index (χ1n) is 33.2. The monoisotopic (exact) mass is 1250 g/mol. The molecule has 427 valence electrons. The van der Waals surface area contributed by atoms with Gasteiger partial charge in [-0.15, -0.1) is 0 Å². The van der Waals surface area contributed by atoms with Crippen LogP contribution in [-0.2, 0) is 15.6 Å². The molecule has 0 heterocycles. The van der Waals surface area contributed by atoms with E-state index in [9.17, 15) is 17.0 Å². The molecule has 0 spiro atoms. The molecule has 0 aliphatic heterocycles. The fraction of sp³-hybridized carbons (Fsp3) is 0.317. The van der Waals surface area contributed by atoms with Crippen LogP contribution in [0.15, 0.2) is 205 Å². The van der Waals surface area contributed by atoms with Crippen LogP contribution in [0.1, 0.15) is 119 Å². The van der Waals surface area contributed by atoms with Gasteiger partial charge in [-0.3, -0.25) is 0 Å². The van der Waals surface area contributed by atoms with Gasteiger partial charge in [0.2, 0.25) is 0 Å². The predicted molar refractivity (Wildman–Crippen MR) is 367 cm³/mol. The molecule has 10 aromatic rings. The molecule has 86 heavy (non-hydrogen) atoms. The molecule has 0 N–H and O–H groups in total. The van der Waals surface area contributed by atoms with Gasteiger partial charge in [-0.1, -0.05) is 0 Å². The van der Waals surface area contributed by atoms with E-state index in [1.807, 2.05) is 0 Å². The van der Waals surface area contributed by atoms with Crippen LogP contribution < -0.4 is 0 Å². The molecule has 20 rings (SSSR count). The van der Waals surface area contributed by atoms with Crippen molar-refractivity contribution < 1.29 is 15.6 Å². The quantitative estimate of drug-likeness (QED) is 0.113. The fourth-order valence-corrected chi connectivity index (χ4v) is 53.2. The van der Waals surface area contributed by atoms with Gasteiger partial charge in [0.15, 0.2) is 0 Å². The van der Waals surface area contributed by atoms with Gasteiger partial charge in [0, 0.05) is 0 Å². The van der Waals surface area contributed by atoms with E-state index in [1.165, 1.54) is 187 Å². The van der Waals surface area contributed by atoms with Crippen LogP contribution in [0.5, 0.6) is 0 Å². The van der Waals surface area contributed by atoms with Crippen LogP contribution >= 0.6 is 17.0 Å². The van der Waals surface area contributed by atoms with Crippen molar-refractivity contribution in [1.82, 2.24) is 0 Å². The Morgan fingerprint density at radius 2 is 0.605 bits per heavy atom. The molecule has 8 bridgehead atoms. The molecule has 0 saturated heterocycles. The van der Waals surface area contributed by atoms with E-state index in [0.29, 0.717) is 0 Å². The average molecular weight is 1250 g/mol. The third kappa shape index (κ3) is 8.13. The fourth-order valence-electron chi connectivity index (χ4n) is 22.2. The van der Waals surface area contributed by atoms with Gasteiger partial charge in [-0.2, -0.15) is 0 Å². The van der Waals surface area contributed by atoms with E-state index in [1.54, 1.807) is 11.1 Å². The summed E-state index contributed by atoms with van der Waals surface area (Å²) in [5.74, 6) is 2.89. The molecule has 0 nitrogen and oxygen atoms in total. The average Bonchev–Trinajstić information content (AvgIpc) is 1.45. The number of hydrogen-bond acceptors (Lipinski definition) is 0. The Morgan fingerprint density at radius 3 is 0.907 bits per heavy atom. The molecule has 8 fully saturated rings. The Hall–Kier alpha value is -5.60. The van der Waals surface area contributed by atoms with Gasteiger partial charge in [-0.05, 0) is 0 Å². The van der Waals surface area contributed by atoms with Crippen molar-refractivity contribution in [2.45, 2.75) is 110 Å². The molecule has 4 heteroatoms. The van der Waals surface area contributed by atoms with Crippen molar-refractivity contribution in [2.75, 3.05) is 0 Å². The first-order chi connectivity index (χ1) is 41.9. The summed E-state index contributed by atoms with van der Waals surface area (Å²) < 4.78 is -0.175. The third-order valence-corrected chi connectivity index (χ3v) is 76.3. The van der Waals surface area contributed by atoms with Crippen molar-refractivity contribution in [1.29, 1.82) is 0 Å². The summed E-state index contributed by atoms with van der Waals surface area (Å²) in [6.07, 6.45) is 24.5. The second-order valence-corrected chi connectivity index (χ2v) is 72.5. The second kappa shape index (κ2) is 19.7. The maximum absolute atomic E-state index is 10.3. The molecule has 2 atom stereocenters. The summed E-state index contributed by atoms with van der Waals surface area (Å²) >= 11 is -5.84. The third-order valence-electron chi connectivity index (χ3n) is 24.6. The second-order valence-electron chi connectivity index (χ2n) is 30.0. The summed E-state index contributed by atoms with van der Waals surface area (Å²) in [5.41, 5.74) is 19.9. The van der Waals surface area contributed by atoms with Crippen molar-refractivity contribution in [3.63, 3.8) is 0 Å². The summed E-state index contributed by atoms with van der Waals surface area (Å²) in [6, 6.07) is 74.7. The molecule has 10 aliphatic carbocycles. The zero-order valence-corrected chi connectivity index (χ0v) is 55.1. The van der Waals surface area contributed by atoms with E-state index >= 15 is 0 Å². The number of halogens is 2. The number of hydrogen-bond donors (Lipinski definition) is 0. The Kier molecular flexibility index (Phi) is 12.2. The number of benzene rings is 10. The summed E-state index contributed by atoms with van der Waals surface area (Å²) in [7, 11) is 20.5. The minimum absolute atomic E-state index is 0.0874. The molecule has 10 aliphatic rings. The minimum atomic E-state index is -5.84. The molecule has 10 aromatic carbocycles. The van der Waals surface area contributed by atoms with E-state index in [-0.39, 0.29) is 18.1 Å². The van der Waals surface area contributed by atoms with Gasteiger partial charge in [-0.25, -0.2) is 0 Å². The van der Waals surface area contributed by atoms with Gasteiger partial charge < -0.3 is 0 Å². The molecule has 0 amide bonds. The number of rotatable bonds is 11. The summed E-state index contributed by atoms with van der Waals surface area (Å²) in [5, 5.41) is 10.3. The Labute approximate surface area is 517 Å². The topological polar surface area (TPSA) is 0 Å².